The highest BCUT2D eigenvalue weighted by Gasteiger charge is 2.23. The van der Waals surface area contributed by atoms with Crippen LogP contribution in [0.2, 0.25) is 0 Å². The number of rotatable bonds is 4. The van der Waals surface area contributed by atoms with Gasteiger partial charge in [0.25, 0.3) is 6.30 Å². The molecule has 0 fully saturated rings. The number of hydrogen-bond donors (Lipinski definition) is 0. The van der Waals surface area contributed by atoms with E-state index in [4.69, 9.17) is 0 Å². The SMILES string of the molecule is CCOC(=O)C(F)n1ccnc1-c1ccccc1. The molecule has 1 heterocycles. The van der Waals surface area contributed by atoms with Gasteiger partial charge in [-0.1, -0.05) is 30.3 Å². The third kappa shape index (κ3) is 2.40. The van der Waals surface area contributed by atoms with Crippen LogP contribution in [0.4, 0.5) is 4.39 Å². The Morgan fingerprint density at radius 3 is 2.83 bits per heavy atom. The standard InChI is InChI=1S/C13H13FN2O2/c1-2-18-13(17)11(14)16-9-8-15-12(16)10-6-4-3-5-7-10/h3-9,11H,2H2,1H3. The number of aromatic nitrogens is 2. The average Bonchev–Trinajstić information content (AvgIpc) is 2.88. The Hall–Kier alpha value is -2.17. The first-order valence-electron chi connectivity index (χ1n) is 5.63. The van der Waals surface area contributed by atoms with Gasteiger partial charge in [-0.15, -0.1) is 0 Å². The molecule has 0 radical (unpaired) electrons. The Morgan fingerprint density at radius 2 is 2.17 bits per heavy atom. The number of carbonyl (C=O) groups excluding carboxylic acids is 1. The van der Waals surface area contributed by atoms with Crippen LogP contribution in [0, 0.1) is 0 Å². The van der Waals surface area contributed by atoms with Gasteiger partial charge in [-0.25, -0.2) is 14.2 Å². The zero-order valence-electron chi connectivity index (χ0n) is 9.91. The maximum absolute atomic E-state index is 13.9. The molecule has 2 aromatic rings. The van der Waals surface area contributed by atoms with Crippen molar-refractivity contribution in [2.45, 2.75) is 13.2 Å². The topological polar surface area (TPSA) is 44.1 Å². The number of esters is 1. The van der Waals surface area contributed by atoms with Crippen molar-refractivity contribution in [3.8, 4) is 11.4 Å². The zero-order valence-corrected chi connectivity index (χ0v) is 9.91. The lowest BCUT2D eigenvalue weighted by molar-refractivity contribution is -0.152. The summed E-state index contributed by atoms with van der Waals surface area (Å²) in [4.78, 5) is 15.4. The molecule has 4 nitrogen and oxygen atoms in total. The summed E-state index contributed by atoms with van der Waals surface area (Å²) in [5.74, 6) is -0.510. The van der Waals surface area contributed by atoms with Crippen LogP contribution in [0.25, 0.3) is 11.4 Å². The molecule has 1 aromatic heterocycles. The molecule has 5 heteroatoms. The molecular formula is C13H13FN2O2. The highest BCUT2D eigenvalue weighted by molar-refractivity contribution is 5.73. The third-order valence-electron chi connectivity index (χ3n) is 2.43. The van der Waals surface area contributed by atoms with Crippen molar-refractivity contribution in [2.24, 2.45) is 0 Å². The maximum atomic E-state index is 13.9. The van der Waals surface area contributed by atoms with E-state index < -0.39 is 12.3 Å². The van der Waals surface area contributed by atoms with Crippen LogP contribution in [0.1, 0.15) is 13.2 Å². The Bertz CT molecular complexity index is 525. The van der Waals surface area contributed by atoms with Gasteiger partial charge < -0.3 is 4.74 Å². The minimum atomic E-state index is -1.87. The quantitative estimate of drug-likeness (QED) is 0.781. The summed E-state index contributed by atoms with van der Waals surface area (Å²) >= 11 is 0. The van der Waals surface area contributed by atoms with E-state index >= 15 is 0 Å². The maximum Gasteiger partial charge on any atom is 0.362 e. The number of alkyl halides is 1. The molecule has 0 aliphatic heterocycles. The van der Waals surface area contributed by atoms with Crippen LogP contribution in [0.5, 0.6) is 0 Å². The van der Waals surface area contributed by atoms with Gasteiger partial charge in [0.1, 0.15) is 5.82 Å². The van der Waals surface area contributed by atoms with Crippen molar-refractivity contribution in [2.75, 3.05) is 6.61 Å². The number of ether oxygens (including phenoxy) is 1. The van der Waals surface area contributed by atoms with E-state index in [1.165, 1.54) is 12.4 Å². The summed E-state index contributed by atoms with van der Waals surface area (Å²) in [7, 11) is 0. The monoisotopic (exact) mass is 248 g/mol. The lowest BCUT2D eigenvalue weighted by Gasteiger charge is -2.11. The fourth-order valence-electron chi connectivity index (χ4n) is 1.63. The van der Waals surface area contributed by atoms with E-state index in [0.717, 1.165) is 10.1 Å². The summed E-state index contributed by atoms with van der Waals surface area (Å²) in [5, 5.41) is 0. The van der Waals surface area contributed by atoms with Crippen LogP contribution < -0.4 is 0 Å². The molecule has 0 aliphatic rings. The van der Waals surface area contributed by atoms with Crippen molar-refractivity contribution >= 4 is 5.97 Å². The molecule has 94 valence electrons. The van der Waals surface area contributed by atoms with Crippen molar-refractivity contribution in [3.63, 3.8) is 0 Å². The number of hydrogen-bond acceptors (Lipinski definition) is 3. The van der Waals surface area contributed by atoms with Crippen LogP contribution in [0.15, 0.2) is 42.7 Å². The van der Waals surface area contributed by atoms with E-state index in [1.807, 2.05) is 18.2 Å². The second kappa shape index (κ2) is 5.44. The highest BCUT2D eigenvalue weighted by atomic mass is 19.1. The summed E-state index contributed by atoms with van der Waals surface area (Å²) < 4.78 is 19.8. The van der Waals surface area contributed by atoms with Gasteiger partial charge in [-0.2, -0.15) is 0 Å². The minimum Gasteiger partial charge on any atom is -0.462 e. The molecule has 1 atom stereocenters. The molecule has 0 spiro atoms. The Kier molecular flexibility index (Phi) is 3.72. The van der Waals surface area contributed by atoms with Crippen molar-refractivity contribution in [3.05, 3.63) is 42.7 Å². The van der Waals surface area contributed by atoms with E-state index in [1.54, 1.807) is 19.1 Å². The molecule has 2 rings (SSSR count). The lowest BCUT2D eigenvalue weighted by Crippen LogP contribution is -2.18. The van der Waals surface area contributed by atoms with Crippen LogP contribution in [0.3, 0.4) is 0 Å². The molecular weight excluding hydrogens is 235 g/mol. The fourth-order valence-corrected chi connectivity index (χ4v) is 1.63. The number of benzene rings is 1. The van der Waals surface area contributed by atoms with Crippen LogP contribution in [-0.2, 0) is 9.53 Å². The Morgan fingerprint density at radius 1 is 1.44 bits per heavy atom. The lowest BCUT2D eigenvalue weighted by atomic mass is 10.2. The normalized spacial score (nSPS) is 12.1. The predicted molar refractivity (Wildman–Crippen MR) is 64.4 cm³/mol. The van der Waals surface area contributed by atoms with Gasteiger partial charge in [0, 0.05) is 18.0 Å². The van der Waals surface area contributed by atoms with Crippen molar-refractivity contribution in [1.29, 1.82) is 0 Å². The van der Waals surface area contributed by atoms with Crippen LogP contribution >= 0.6 is 0 Å². The van der Waals surface area contributed by atoms with Crippen LogP contribution in [-0.4, -0.2) is 22.1 Å². The summed E-state index contributed by atoms with van der Waals surface area (Å²) in [6.45, 7) is 1.78. The van der Waals surface area contributed by atoms with Gasteiger partial charge in [0.2, 0.25) is 0 Å². The second-order valence-electron chi connectivity index (χ2n) is 3.61. The summed E-state index contributed by atoms with van der Waals surface area (Å²) in [6, 6.07) is 9.11. The molecule has 1 aromatic carbocycles. The smallest absolute Gasteiger partial charge is 0.362 e. The highest BCUT2D eigenvalue weighted by Crippen LogP contribution is 2.22. The van der Waals surface area contributed by atoms with E-state index in [0.29, 0.717) is 5.82 Å². The number of carbonyl (C=O) groups is 1. The van der Waals surface area contributed by atoms with Crippen molar-refractivity contribution in [1.82, 2.24) is 9.55 Å². The number of halogens is 1. The third-order valence-corrected chi connectivity index (χ3v) is 2.43. The zero-order chi connectivity index (χ0) is 13.0. The minimum absolute atomic E-state index is 0.147. The first kappa shape index (κ1) is 12.3. The van der Waals surface area contributed by atoms with E-state index in [-0.39, 0.29) is 6.61 Å². The molecule has 0 aliphatic carbocycles. The van der Waals surface area contributed by atoms with Gasteiger partial charge in [0.15, 0.2) is 0 Å². The molecule has 0 saturated heterocycles. The first-order chi connectivity index (χ1) is 8.74. The average molecular weight is 248 g/mol. The van der Waals surface area contributed by atoms with Gasteiger partial charge in [-0.05, 0) is 6.92 Å². The summed E-state index contributed by atoms with van der Waals surface area (Å²) in [6.07, 6.45) is 1.00. The van der Waals surface area contributed by atoms with E-state index in [9.17, 15) is 9.18 Å². The molecule has 0 saturated carbocycles. The predicted octanol–water partition coefficient (Wildman–Crippen LogP) is 2.58. The first-order valence-corrected chi connectivity index (χ1v) is 5.63. The van der Waals surface area contributed by atoms with Gasteiger partial charge in [-0.3, -0.25) is 4.57 Å². The Balaban J connectivity index is 2.31. The molecule has 0 amide bonds. The summed E-state index contributed by atoms with van der Waals surface area (Å²) in [5.41, 5.74) is 0.745. The number of nitrogens with zero attached hydrogens (tertiary/aromatic N) is 2. The fraction of sp³-hybridized carbons (Fsp3) is 0.231. The molecule has 0 bridgehead atoms. The van der Waals surface area contributed by atoms with Gasteiger partial charge >= 0.3 is 5.97 Å². The van der Waals surface area contributed by atoms with Gasteiger partial charge in [0.05, 0.1) is 6.61 Å². The molecule has 1 unspecified atom stereocenters. The molecule has 18 heavy (non-hydrogen) atoms. The van der Waals surface area contributed by atoms with Crippen molar-refractivity contribution < 1.29 is 13.9 Å². The second-order valence-corrected chi connectivity index (χ2v) is 3.61. The van der Waals surface area contributed by atoms with E-state index in [2.05, 4.69) is 9.72 Å². The Labute approximate surface area is 104 Å². The largest absolute Gasteiger partial charge is 0.462 e. The number of imidazole rings is 1. The molecule has 0 N–H and O–H groups in total.